The minimum atomic E-state index is -1.27. The van der Waals surface area contributed by atoms with Gasteiger partial charge in [-0.15, -0.1) is 0 Å². The Labute approximate surface area is 112 Å². The zero-order valence-corrected chi connectivity index (χ0v) is 10.6. The van der Waals surface area contributed by atoms with E-state index in [1.165, 1.54) is 0 Å². The third kappa shape index (κ3) is 2.31. The largest absolute Gasteiger partial charge is 0.382 e. The molecule has 1 aromatic heterocycles. The van der Waals surface area contributed by atoms with E-state index < -0.39 is 22.2 Å². The Bertz CT molecular complexity index is 670. The summed E-state index contributed by atoms with van der Waals surface area (Å²) in [6.07, 6.45) is 1.25. The van der Waals surface area contributed by atoms with E-state index >= 15 is 0 Å². The number of H-pyrrole nitrogens is 1. The molecule has 0 aliphatic rings. The van der Waals surface area contributed by atoms with Crippen LogP contribution in [-0.4, -0.2) is 15.1 Å². The van der Waals surface area contributed by atoms with Crippen molar-refractivity contribution >= 4 is 11.5 Å². The van der Waals surface area contributed by atoms with Crippen LogP contribution in [0.1, 0.15) is 18.9 Å². The molecule has 0 aliphatic carbocycles. The van der Waals surface area contributed by atoms with Crippen LogP contribution >= 0.6 is 0 Å². The summed E-state index contributed by atoms with van der Waals surface area (Å²) in [6, 6.07) is 1.33. The Kier molecular flexibility index (Phi) is 3.64. The molecule has 0 saturated carbocycles. The lowest BCUT2D eigenvalue weighted by molar-refractivity contribution is -0.384. The van der Waals surface area contributed by atoms with Crippen molar-refractivity contribution in [1.29, 1.82) is 0 Å². The molecule has 106 valence electrons. The maximum Gasteiger partial charge on any atom is 0.281 e. The number of rotatable bonds is 4. The van der Waals surface area contributed by atoms with E-state index in [2.05, 4.69) is 10.2 Å². The number of hydrogen-bond acceptors (Lipinski definition) is 4. The van der Waals surface area contributed by atoms with Crippen molar-refractivity contribution in [3.8, 4) is 11.3 Å². The molecule has 0 radical (unpaired) electrons. The second-order valence-corrected chi connectivity index (χ2v) is 4.25. The average molecular weight is 282 g/mol. The minimum Gasteiger partial charge on any atom is -0.382 e. The highest BCUT2D eigenvalue weighted by atomic mass is 19.2. The molecule has 20 heavy (non-hydrogen) atoms. The van der Waals surface area contributed by atoms with E-state index in [-0.39, 0.29) is 17.1 Å². The van der Waals surface area contributed by atoms with Gasteiger partial charge < -0.3 is 5.73 Å². The molecular weight excluding hydrogens is 270 g/mol. The molecule has 0 aliphatic heterocycles. The Morgan fingerprint density at radius 1 is 1.40 bits per heavy atom. The minimum absolute atomic E-state index is 0.0680. The molecule has 0 bridgehead atoms. The summed E-state index contributed by atoms with van der Waals surface area (Å²) in [5.74, 6) is -2.24. The zero-order valence-electron chi connectivity index (χ0n) is 10.6. The number of nitrogen functional groups attached to an aromatic ring is 1. The molecule has 0 spiro atoms. The van der Waals surface area contributed by atoms with Gasteiger partial charge in [0.2, 0.25) is 0 Å². The van der Waals surface area contributed by atoms with Crippen molar-refractivity contribution in [2.75, 3.05) is 5.73 Å². The molecule has 1 heterocycles. The van der Waals surface area contributed by atoms with Crippen LogP contribution in [0.5, 0.6) is 0 Å². The summed E-state index contributed by atoms with van der Waals surface area (Å²) in [5, 5.41) is 17.3. The number of aromatic amines is 1. The Balaban J connectivity index is 2.69. The fourth-order valence-electron chi connectivity index (χ4n) is 1.99. The molecule has 2 rings (SSSR count). The molecule has 6 nitrogen and oxygen atoms in total. The topological polar surface area (TPSA) is 97.8 Å². The third-order valence-electron chi connectivity index (χ3n) is 2.90. The van der Waals surface area contributed by atoms with E-state index in [0.29, 0.717) is 18.1 Å². The van der Waals surface area contributed by atoms with Crippen LogP contribution in [0, 0.1) is 21.7 Å². The number of anilines is 1. The highest BCUT2D eigenvalue weighted by Gasteiger charge is 2.24. The summed E-state index contributed by atoms with van der Waals surface area (Å²) >= 11 is 0. The fraction of sp³-hybridized carbons (Fsp3) is 0.250. The van der Waals surface area contributed by atoms with E-state index in [9.17, 15) is 18.9 Å². The molecule has 8 heteroatoms. The van der Waals surface area contributed by atoms with Crippen LogP contribution < -0.4 is 5.73 Å². The first-order chi connectivity index (χ1) is 9.45. The van der Waals surface area contributed by atoms with Gasteiger partial charge in [0, 0.05) is 5.56 Å². The molecule has 0 saturated heterocycles. The van der Waals surface area contributed by atoms with Gasteiger partial charge >= 0.3 is 0 Å². The number of nitro groups is 1. The number of nitrogens with two attached hydrogens (primary N) is 1. The number of nitro benzene ring substituents is 1. The number of nitrogens with one attached hydrogen (secondary N) is 1. The number of benzene rings is 1. The van der Waals surface area contributed by atoms with Crippen LogP contribution in [0.4, 0.5) is 20.3 Å². The first-order valence-electron chi connectivity index (χ1n) is 5.92. The SMILES string of the molecule is CCCc1c(N)n[nH]c1-c1cc(F)c(F)cc1[N+](=O)[O-]. The molecule has 1 aromatic carbocycles. The summed E-state index contributed by atoms with van der Waals surface area (Å²) in [7, 11) is 0. The average Bonchev–Trinajstić information content (AvgIpc) is 2.74. The smallest absolute Gasteiger partial charge is 0.281 e. The number of halogens is 2. The van der Waals surface area contributed by atoms with E-state index in [4.69, 9.17) is 5.73 Å². The van der Waals surface area contributed by atoms with Crippen molar-refractivity contribution in [2.45, 2.75) is 19.8 Å². The fourth-order valence-corrected chi connectivity index (χ4v) is 1.99. The quantitative estimate of drug-likeness (QED) is 0.665. The van der Waals surface area contributed by atoms with Gasteiger partial charge in [0.05, 0.1) is 22.2 Å². The summed E-state index contributed by atoms with van der Waals surface area (Å²) in [4.78, 5) is 10.2. The second kappa shape index (κ2) is 5.24. The van der Waals surface area contributed by atoms with Crippen molar-refractivity contribution < 1.29 is 13.7 Å². The van der Waals surface area contributed by atoms with Gasteiger partial charge in [-0.1, -0.05) is 13.3 Å². The molecule has 0 amide bonds. The maximum atomic E-state index is 13.4. The van der Waals surface area contributed by atoms with E-state index in [1.54, 1.807) is 0 Å². The van der Waals surface area contributed by atoms with Gasteiger partial charge in [0.15, 0.2) is 11.6 Å². The maximum absolute atomic E-state index is 13.4. The van der Waals surface area contributed by atoms with Crippen molar-refractivity contribution in [3.05, 3.63) is 39.4 Å². The zero-order chi connectivity index (χ0) is 14.9. The van der Waals surface area contributed by atoms with Crippen molar-refractivity contribution in [3.63, 3.8) is 0 Å². The van der Waals surface area contributed by atoms with E-state index in [0.717, 1.165) is 12.5 Å². The normalized spacial score (nSPS) is 10.8. The predicted octanol–water partition coefficient (Wildman–Crippen LogP) is 2.80. The number of nitrogens with zero attached hydrogens (tertiary/aromatic N) is 2. The highest BCUT2D eigenvalue weighted by Crippen LogP contribution is 2.34. The predicted molar refractivity (Wildman–Crippen MR) is 69.0 cm³/mol. The van der Waals surface area contributed by atoms with Crippen LogP contribution in [0.3, 0.4) is 0 Å². The lowest BCUT2D eigenvalue weighted by atomic mass is 10.0. The summed E-state index contributed by atoms with van der Waals surface area (Å²) < 4.78 is 26.5. The van der Waals surface area contributed by atoms with Gasteiger partial charge in [0.1, 0.15) is 5.82 Å². The van der Waals surface area contributed by atoms with Gasteiger partial charge in [-0.25, -0.2) is 8.78 Å². The number of aromatic nitrogens is 2. The highest BCUT2D eigenvalue weighted by molar-refractivity contribution is 5.76. The lowest BCUT2D eigenvalue weighted by Gasteiger charge is -2.05. The van der Waals surface area contributed by atoms with Crippen molar-refractivity contribution in [1.82, 2.24) is 10.2 Å². The first kappa shape index (κ1) is 13.9. The summed E-state index contributed by atoms with van der Waals surface area (Å²) in [5.41, 5.74) is 5.88. The Hall–Kier alpha value is -2.51. The van der Waals surface area contributed by atoms with Crippen molar-refractivity contribution in [2.24, 2.45) is 0 Å². The van der Waals surface area contributed by atoms with Crippen LogP contribution in [0.15, 0.2) is 12.1 Å². The molecule has 0 unspecified atom stereocenters. The van der Waals surface area contributed by atoms with Gasteiger partial charge in [-0.05, 0) is 12.5 Å². The summed E-state index contributed by atoms with van der Waals surface area (Å²) in [6.45, 7) is 1.90. The molecular formula is C12H12F2N4O2. The Morgan fingerprint density at radius 3 is 2.65 bits per heavy atom. The third-order valence-corrected chi connectivity index (χ3v) is 2.90. The molecule has 0 atom stereocenters. The van der Waals surface area contributed by atoms with Crippen LogP contribution in [0.2, 0.25) is 0 Å². The van der Waals surface area contributed by atoms with Crippen LogP contribution in [-0.2, 0) is 6.42 Å². The Morgan fingerprint density at radius 2 is 2.05 bits per heavy atom. The van der Waals surface area contributed by atoms with Crippen LogP contribution in [0.25, 0.3) is 11.3 Å². The van der Waals surface area contributed by atoms with Gasteiger partial charge in [-0.2, -0.15) is 5.10 Å². The number of hydrogen-bond donors (Lipinski definition) is 2. The van der Waals surface area contributed by atoms with Gasteiger partial charge in [0.25, 0.3) is 5.69 Å². The van der Waals surface area contributed by atoms with Gasteiger partial charge in [-0.3, -0.25) is 15.2 Å². The second-order valence-electron chi connectivity index (χ2n) is 4.25. The standard InChI is InChI=1S/C12H12F2N4O2/c1-2-3-6-11(16-17-12(6)15)7-4-8(13)9(14)5-10(7)18(19)20/h4-5H,2-3H2,1H3,(H3,15,16,17). The molecule has 0 fully saturated rings. The van der Waals surface area contributed by atoms with E-state index in [1.807, 2.05) is 6.92 Å². The monoisotopic (exact) mass is 282 g/mol. The molecule has 3 N–H and O–H groups in total. The first-order valence-corrected chi connectivity index (χ1v) is 5.92. The lowest BCUT2D eigenvalue weighted by Crippen LogP contribution is -1.98. The molecule has 2 aromatic rings.